The fourth-order valence-corrected chi connectivity index (χ4v) is 8.88. The van der Waals surface area contributed by atoms with Crippen molar-refractivity contribution in [3.8, 4) is 0 Å². The molecule has 0 aliphatic rings. The van der Waals surface area contributed by atoms with Crippen LogP contribution in [0.4, 0.5) is 39.5 Å². The van der Waals surface area contributed by atoms with Crippen molar-refractivity contribution in [2.45, 2.75) is 25.8 Å². The van der Waals surface area contributed by atoms with Crippen LogP contribution in [0.1, 0.15) is 5.56 Å². The first kappa shape index (κ1) is 28.5. The molecule has 0 aliphatic heterocycles. The van der Waals surface area contributed by atoms with Crippen LogP contribution in [0.2, 0.25) is 0 Å². The summed E-state index contributed by atoms with van der Waals surface area (Å²) < 4.78 is 156. The summed E-state index contributed by atoms with van der Waals surface area (Å²) in [6.07, 6.45) is -4.80. The quantitative estimate of drug-likeness (QED) is 0.128. The van der Waals surface area contributed by atoms with E-state index in [-0.39, 0.29) is 14.7 Å². The van der Waals surface area contributed by atoms with Gasteiger partial charge in [0.1, 0.15) is 5.82 Å². The van der Waals surface area contributed by atoms with Gasteiger partial charge in [-0.25, -0.2) is 30.0 Å². The van der Waals surface area contributed by atoms with Gasteiger partial charge in [0.25, 0.3) is 0 Å². The van der Waals surface area contributed by atoms with Crippen LogP contribution in [0.15, 0.2) is 98.4 Å². The molecule has 39 heavy (non-hydrogen) atoms. The molecule has 0 amide bonds. The normalized spacial score (nSPS) is 14.6. The van der Waals surface area contributed by atoms with Crippen LogP contribution >= 0.6 is 10.3 Å². The standard InChI is InChI=1S/C25H13F9O3S2/c26-15-8-12-18(13-9-15)38(16-4-2-1-3-5-16,17-10-6-14(7-11-17)25(32,33)34)37-39(35,36)24-22(30)20(28)19(27)21(29)23(24)31/h1-13H. The number of benzene rings is 4. The molecule has 0 heterocycles. The van der Waals surface area contributed by atoms with Gasteiger partial charge in [-0.15, -0.1) is 0 Å². The Hall–Kier alpha value is -3.49. The van der Waals surface area contributed by atoms with E-state index in [1.807, 2.05) is 0 Å². The molecule has 14 heteroatoms. The van der Waals surface area contributed by atoms with E-state index in [0.29, 0.717) is 12.1 Å². The van der Waals surface area contributed by atoms with Crippen molar-refractivity contribution in [2.24, 2.45) is 0 Å². The molecular formula is C25H13F9O3S2. The molecule has 0 saturated carbocycles. The van der Waals surface area contributed by atoms with Crippen molar-refractivity contribution >= 4 is 20.4 Å². The third kappa shape index (κ3) is 5.11. The summed E-state index contributed by atoms with van der Waals surface area (Å²) >= 11 is 0. The molecule has 0 N–H and O–H groups in total. The first-order chi connectivity index (χ1) is 18.2. The van der Waals surface area contributed by atoms with Gasteiger partial charge in [0.15, 0.2) is 28.2 Å². The van der Waals surface area contributed by atoms with E-state index < -0.39 is 72.0 Å². The summed E-state index contributed by atoms with van der Waals surface area (Å²) in [5.41, 5.74) is -1.14. The first-order valence-corrected chi connectivity index (χ1v) is 13.5. The molecule has 0 radical (unpaired) electrons. The van der Waals surface area contributed by atoms with Gasteiger partial charge < -0.3 is 0 Å². The maximum Gasteiger partial charge on any atom is 0.416 e. The molecule has 1 unspecified atom stereocenters. The van der Waals surface area contributed by atoms with E-state index in [0.717, 1.165) is 36.4 Å². The molecule has 4 aromatic rings. The Bertz CT molecular complexity index is 1600. The van der Waals surface area contributed by atoms with Gasteiger partial charge in [-0.3, -0.25) is 0 Å². The molecule has 4 aromatic carbocycles. The number of hydrogen-bond donors (Lipinski definition) is 0. The fourth-order valence-electron chi connectivity index (χ4n) is 3.57. The topological polar surface area (TPSA) is 43.4 Å². The number of rotatable bonds is 6. The Morgan fingerprint density at radius 3 is 1.41 bits per heavy atom. The SMILES string of the molecule is O=S(=O)(OS(c1ccccc1)(c1ccc(F)cc1)c1ccc(C(F)(F)F)cc1)c1c(F)c(F)c(F)c(F)c1F. The zero-order valence-electron chi connectivity index (χ0n) is 18.9. The average Bonchev–Trinajstić information content (AvgIpc) is 2.90. The zero-order valence-corrected chi connectivity index (χ0v) is 20.6. The Kier molecular flexibility index (Phi) is 7.49. The average molecular weight is 596 g/mol. The van der Waals surface area contributed by atoms with Gasteiger partial charge in [-0.2, -0.15) is 21.6 Å². The van der Waals surface area contributed by atoms with Crippen LogP contribution in [-0.2, 0) is 19.9 Å². The summed E-state index contributed by atoms with van der Waals surface area (Å²) in [5.74, 6) is -14.0. The molecule has 0 aliphatic carbocycles. The lowest BCUT2D eigenvalue weighted by Crippen LogP contribution is -2.19. The minimum Gasteiger partial charge on any atom is -0.207 e. The third-order valence-corrected chi connectivity index (χ3v) is 10.5. The Morgan fingerprint density at radius 1 is 0.538 bits per heavy atom. The van der Waals surface area contributed by atoms with Crippen molar-refractivity contribution < 1.29 is 51.6 Å². The van der Waals surface area contributed by atoms with E-state index in [2.05, 4.69) is 0 Å². The highest BCUT2D eigenvalue weighted by atomic mass is 32.3. The molecule has 1 atom stereocenters. The minimum absolute atomic E-state index is 0.0798. The molecule has 0 fully saturated rings. The Morgan fingerprint density at radius 2 is 0.949 bits per heavy atom. The summed E-state index contributed by atoms with van der Waals surface area (Å²) in [7, 11) is -9.79. The smallest absolute Gasteiger partial charge is 0.207 e. The van der Waals surface area contributed by atoms with Crippen LogP contribution in [0.3, 0.4) is 0 Å². The van der Waals surface area contributed by atoms with Crippen molar-refractivity contribution in [3.63, 3.8) is 0 Å². The lowest BCUT2D eigenvalue weighted by Gasteiger charge is -2.39. The first-order valence-electron chi connectivity index (χ1n) is 10.5. The summed E-state index contributed by atoms with van der Waals surface area (Å²) in [6.45, 7) is 0. The van der Waals surface area contributed by atoms with E-state index in [1.165, 1.54) is 30.3 Å². The van der Waals surface area contributed by atoms with E-state index in [4.69, 9.17) is 3.63 Å². The Balaban J connectivity index is 2.08. The molecule has 4 rings (SSSR count). The second kappa shape index (κ2) is 10.2. The number of hydrogen-bond acceptors (Lipinski definition) is 3. The van der Waals surface area contributed by atoms with E-state index in [1.54, 1.807) is 0 Å². The van der Waals surface area contributed by atoms with Crippen molar-refractivity contribution in [3.05, 3.63) is 119 Å². The van der Waals surface area contributed by atoms with E-state index >= 15 is 0 Å². The lowest BCUT2D eigenvalue weighted by molar-refractivity contribution is -0.137. The van der Waals surface area contributed by atoms with Crippen molar-refractivity contribution in [1.29, 1.82) is 0 Å². The highest BCUT2D eigenvalue weighted by Crippen LogP contribution is 2.70. The molecule has 0 aromatic heterocycles. The lowest BCUT2D eigenvalue weighted by atomic mass is 10.2. The molecule has 3 nitrogen and oxygen atoms in total. The van der Waals surface area contributed by atoms with Crippen LogP contribution in [-0.4, -0.2) is 8.42 Å². The number of halogens is 9. The molecule has 0 saturated heterocycles. The van der Waals surface area contributed by atoms with Gasteiger partial charge in [-0.1, -0.05) is 18.2 Å². The highest BCUT2D eigenvalue weighted by molar-refractivity contribution is 8.33. The van der Waals surface area contributed by atoms with E-state index in [9.17, 15) is 47.9 Å². The highest BCUT2D eigenvalue weighted by Gasteiger charge is 2.43. The van der Waals surface area contributed by atoms with Crippen molar-refractivity contribution in [2.75, 3.05) is 0 Å². The molecular weight excluding hydrogens is 583 g/mol. The van der Waals surface area contributed by atoms with Gasteiger partial charge in [-0.05, 0) is 71.0 Å². The third-order valence-electron chi connectivity index (χ3n) is 5.35. The zero-order chi connectivity index (χ0) is 28.8. The van der Waals surface area contributed by atoms with Gasteiger partial charge in [0.2, 0.25) is 5.82 Å². The molecule has 206 valence electrons. The predicted molar refractivity (Wildman–Crippen MR) is 121 cm³/mol. The summed E-state index contributed by atoms with van der Waals surface area (Å²) in [4.78, 5) is -2.87. The fraction of sp³-hybridized carbons (Fsp3) is 0.0400. The van der Waals surface area contributed by atoms with Crippen molar-refractivity contribution in [1.82, 2.24) is 0 Å². The maximum absolute atomic E-state index is 14.6. The minimum atomic E-state index is -5.91. The number of alkyl halides is 3. The largest absolute Gasteiger partial charge is 0.416 e. The monoisotopic (exact) mass is 596 g/mol. The van der Waals surface area contributed by atoms with Crippen LogP contribution in [0.25, 0.3) is 0 Å². The van der Waals surface area contributed by atoms with Crippen LogP contribution < -0.4 is 0 Å². The predicted octanol–water partition coefficient (Wildman–Crippen LogP) is 8.14. The van der Waals surface area contributed by atoms with Crippen LogP contribution in [0, 0.1) is 34.9 Å². The Labute approximate surface area is 217 Å². The summed E-state index contributed by atoms with van der Waals surface area (Å²) in [5, 5.41) is 0. The van der Waals surface area contributed by atoms with Gasteiger partial charge in [0, 0.05) is 14.7 Å². The van der Waals surface area contributed by atoms with Gasteiger partial charge >= 0.3 is 16.3 Å². The molecule has 0 spiro atoms. The van der Waals surface area contributed by atoms with Crippen LogP contribution in [0.5, 0.6) is 0 Å². The molecule has 0 bridgehead atoms. The maximum atomic E-state index is 14.6. The second-order valence-electron chi connectivity index (χ2n) is 7.77. The van der Waals surface area contributed by atoms with Gasteiger partial charge in [0.05, 0.1) is 5.56 Å². The summed E-state index contributed by atoms with van der Waals surface area (Å²) in [6, 6.07) is 13.3. The second-order valence-corrected chi connectivity index (χ2v) is 12.2.